The fourth-order valence-corrected chi connectivity index (χ4v) is 1.00. The molecule has 0 heterocycles. The number of hydrogen-bond acceptors (Lipinski definition) is 3. The number of carbonyl (C=O) groups is 1. The molecule has 3 nitrogen and oxygen atoms in total. The number of aliphatic hydroxyl groups excluding tert-OH is 2. The van der Waals surface area contributed by atoms with Crippen LogP contribution >= 0.6 is 0 Å². The zero-order chi connectivity index (χ0) is 7.56. The first-order valence-corrected chi connectivity index (χ1v) is 3.28. The number of aliphatic hydroxyl groups is 2. The minimum Gasteiger partial charge on any atom is -0.392 e. The Balaban J connectivity index is 2.72. The van der Waals surface area contributed by atoms with Crippen molar-refractivity contribution < 1.29 is 15.0 Å². The van der Waals surface area contributed by atoms with Crippen LogP contribution in [0, 0.1) is 0 Å². The molecule has 0 aromatic carbocycles. The van der Waals surface area contributed by atoms with Gasteiger partial charge >= 0.3 is 0 Å². The molecular weight excluding hydrogens is 132 g/mol. The molecule has 1 atom stereocenters. The molecule has 0 spiro atoms. The van der Waals surface area contributed by atoms with Crippen LogP contribution in [0.2, 0.25) is 0 Å². The first kappa shape index (κ1) is 7.44. The summed E-state index contributed by atoms with van der Waals surface area (Å²) in [5.41, 5.74) is 0.346. The van der Waals surface area contributed by atoms with Gasteiger partial charge < -0.3 is 10.2 Å². The molecule has 0 amide bonds. The van der Waals surface area contributed by atoms with Crippen molar-refractivity contribution in [2.75, 3.05) is 6.61 Å². The van der Waals surface area contributed by atoms with E-state index < -0.39 is 6.10 Å². The van der Waals surface area contributed by atoms with E-state index in [-0.39, 0.29) is 12.4 Å². The van der Waals surface area contributed by atoms with Gasteiger partial charge in [0.2, 0.25) is 0 Å². The summed E-state index contributed by atoms with van der Waals surface area (Å²) in [4.78, 5) is 10.9. The van der Waals surface area contributed by atoms with E-state index in [9.17, 15) is 4.79 Å². The maximum atomic E-state index is 10.9. The molecule has 1 unspecified atom stereocenters. The van der Waals surface area contributed by atoms with E-state index >= 15 is 0 Å². The van der Waals surface area contributed by atoms with Crippen molar-refractivity contribution >= 4 is 5.78 Å². The lowest BCUT2D eigenvalue weighted by atomic mass is 9.96. The second-order valence-electron chi connectivity index (χ2n) is 2.34. The van der Waals surface area contributed by atoms with Crippen molar-refractivity contribution in [1.29, 1.82) is 0 Å². The molecule has 1 aliphatic rings. The number of hydrogen-bond donors (Lipinski definition) is 2. The maximum absolute atomic E-state index is 10.9. The van der Waals surface area contributed by atoms with Gasteiger partial charge in [0.05, 0.1) is 6.61 Å². The van der Waals surface area contributed by atoms with Crippen LogP contribution in [0.1, 0.15) is 12.8 Å². The molecule has 0 aliphatic heterocycles. The first-order chi connectivity index (χ1) is 4.75. The van der Waals surface area contributed by atoms with Gasteiger partial charge in [-0.2, -0.15) is 0 Å². The minimum atomic E-state index is -0.882. The molecule has 0 saturated carbocycles. The molecule has 3 heteroatoms. The highest BCUT2D eigenvalue weighted by Crippen LogP contribution is 2.13. The van der Waals surface area contributed by atoms with E-state index in [0.717, 1.165) is 0 Å². The third-order valence-electron chi connectivity index (χ3n) is 1.62. The summed E-state index contributed by atoms with van der Waals surface area (Å²) in [7, 11) is 0. The van der Waals surface area contributed by atoms with Gasteiger partial charge in [0.25, 0.3) is 0 Å². The predicted octanol–water partition coefficient (Wildman–Crippen LogP) is -0.371. The van der Waals surface area contributed by atoms with Crippen LogP contribution in [0.5, 0.6) is 0 Å². The van der Waals surface area contributed by atoms with Gasteiger partial charge in [-0.3, -0.25) is 4.79 Å². The molecule has 0 saturated heterocycles. The van der Waals surface area contributed by atoms with Gasteiger partial charge in [0.15, 0.2) is 5.78 Å². The van der Waals surface area contributed by atoms with Gasteiger partial charge in [-0.05, 0) is 12.8 Å². The first-order valence-electron chi connectivity index (χ1n) is 3.28. The molecule has 1 aliphatic carbocycles. The molecule has 2 N–H and O–H groups in total. The second kappa shape index (κ2) is 2.94. The summed E-state index contributed by atoms with van der Waals surface area (Å²) < 4.78 is 0. The van der Waals surface area contributed by atoms with E-state index in [4.69, 9.17) is 10.2 Å². The van der Waals surface area contributed by atoms with Gasteiger partial charge in [-0.1, -0.05) is 6.08 Å². The monoisotopic (exact) mass is 142 g/mol. The fourth-order valence-electron chi connectivity index (χ4n) is 1.00. The Morgan fingerprint density at radius 1 is 1.70 bits per heavy atom. The lowest BCUT2D eigenvalue weighted by molar-refractivity contribution is -0.124. The third-order valence-corrected chi connectivity index (χ3v) is 1.62. The largest absolute Gasteiger partial charge is 0.392 e. The van der Waals surface area contributed by atoms with Crippen molar-refractivity contribution in [3.8, 4) is 0 Å². The molecule has 0 fully saturated rings. The Labute approximate surface area is 59.0 Å². The standard InChI is InChI=1S/C7H10O3/c8-4-5-2-1-3-6(9)7(5)10/h2,6,8-9H,1,3-4H2. The predicted molar refractivity (Wildman–Crippen MR) is 35.4 cm³/mol. The molecule has 56 valence electrons. The summed E-state index contributed by atoms with van der Waals surface area (Å²) in [6, 6.07) is 0. The lowest BCUT2D eigenvalue weighted by Gasteiger charge is -2.14. The van der Waals surface area contributed by atoms with Gasteiger partial charge in [0, 0.05) is 5.57 Å². The minimum absolute atomic E-state index is 0.254. The fraction of sp³-hybridized carbons (Fsp3) is 0.571. The summed E-state index contributed by atoms with van der Waals surface area (Å²) in [5, 5.41) is 17.6. The third kappa shape index (κ3) is 1.25. The number of carbonyl (C=O) groups excluding carboxylic acids is 1. The van der Waals surface area contributed by atoms with Crippen LogP contribution in [0.4, 0.5) is 0 Å². The van der Waals surface area contributed by atoms with Gasteiger partial charge in [-0.25, -0.2) is 0 Å². The number of ketones is 1. The van der Waals surface area contributed by atoms with Crippen LogP contribution in [0.3, 0.4) is 0 Å². The highest BCUT2D eigenvalue weighted by Gasteiger charge is 2.21. The van der Waals surface area contributed by atoms with E-state index in [1.165, 1.54) is 0 Å². The van der Waals surface area contributed by atoms with E-state index in [0.29, 0.717) is 18.4 Å². The van der Waals surface area contributed by atoms with Crippen molar-refractivity contribution in [2.24, 2.45) is 0 Å². The molecule has 0 radical (unpaired) electrons. The Kier molecular flexibility index (Phi) is 2.19. The van der Waals surface area contributed by atoms with Crippen LogP contribution in [0.25, 0.3) is 0 Å². The quantitative estimate of drug-likeness (QED) is 0.525. The van der Waals surface area contributed by atoms with Crippen LogP contribution < -0.4 is 0 Å². The Hall–Kier alpha value is -0.670. The Morgan fingerprint density at radius 3 is 2.90 bits per heavy atom. The smallest absolute Gasteiger partial charge is 0.189 e. The van der Waals surface area contributed by atoms with Crippen molar-refractivity contribution in [3.63, 3.8) is 0 Å². The zero-order valence-corrected chi connectivity index (χ0v) is 5.58. The van der Waals surface area contributed by atoms with Crippen LogP contribution in [-0.2, 0) is 4.79 Å². The molecular formula is C7H10O3. The Bertz CT molecular complexity index is 172. The molecule has 0 bridgehead atoms. The molecule has 1 rings (SSSR count). The number of rotatable bonds is 1. The topological polar surface area (TPSA) is 57.5 Å². The van der Waals surface area contributed by atoms with Gasteiger partial charge in [0.1, 0.15) is 6.10 Å². The molecule has 10 heavy (non-hydrogen) atoms. The summed E-state index contributed by atoms with van der Waals surface area (Å²) in [6.45, 7) is -0.254. The van der Waals surface area contributed by atoms with Crippen LogP contribution in [0.15, 0.2) is 11.6 Å². The zero-order valence-electron chi connectivity index (χ0n) is 5.58. The summed E-state index contributed by atoms with van der Waals surface area (Å²) in [5.74, 6) is -0.325. The van der Waals surface area contributed by atoms with Crippen molar-refractivity contribution in [1.82, 2.24) is 0 Å². The maximum Gasteiger partial charge on any atom is 0.189 e. The highest BCUT2D eigenvalue weighted by atomic mass is 16.3. The lowest BCUT2D eigenvalue weighted by Crippen LogP contribution is -2.26. The van der Waals surface area contributed by atoms with E-state index in [2.05, 4.69) is 0 Å². The van der Waals surface area contributed by atoms with Gasteiger partial charge in [-0.15, -0.1) is 0 Å². The average molecular weight is 142 g/mol. The van der Waals surface area contributed by atoms with E-state index in [1.807, 2.05) is 0 Å². The molecule has 0 aromatic rings. The SMILES string of the molecule is O=C1C(CO)=CCCC1O. The number of Topliss-reactive ketones (excluding diaryl/α,β-unsaturated/α-hetero) is 1. The number of allylic oxidation sites excluding steroid dienone is 1. The average Bonchev–Trinajstić information content (AvgIpc) is 1.95. The summed E-state index contributed by atoms with van der Waals surface area (Å²) >= 11 is 0. The van der Waals surface area contributed by atoms with Crippen LogP contribution in [-0.4, -0.2) is 28.7 Å². The van der Waals surface area contributed by atoms with E-state index in [1.54, 1.807) is 6.08 Å². The molecule has 0 aromatic heterocycles. The Morgan fingerprint density at radius 2 is 2.40 bits per heavy atom. The highest BCUT2D eigenvalue weighted by molar-refractivity contribution is 5.99. The summed E-state index contributed by atoms with van der Waals surface area (Å²) in [6.07, 6.45) is 1.97. The van der Waals surface area contributed by atoms with Crippen molar-refractivity contribution in [3.05, 3.63) is 11.6 Å². The van der Waals surface area contributed by atoms with Crippen molar-refractivity contribution in [2.45, 2.75) is 18.9 Å². The normalized spacial score (nSPS) is 26.4. The second-order valence-corrected chi connectivity index (χ2v) is 2.34.